The lowest BCUT2D eigenvalue weighted by Crippen LogP contribution is -2.56. The first-order valence-electron chi connectivity index (χ1n) is 7.57. The van der Waals surface area contributed by atoms with Crippen LogP contribution in [0.4, 0.5) is 0 Å². The molecule has 5 atom stereocenters. The molecule has 2 fully saturated rings. The van der Waals surface area contributed by atoms with Gasteiger partial charge in [-0.3, -0.25) is 0 Å². The van der Waals surface area contributed by atoms with Crippen molar-refractivity contribution in [3.8, 4) is 0 Å². The lowest BCUT2D eigenvalue weighted by Gasteiger charge is -2.53. The SMILES string of the molecule is C=C(C)[C@@H]1CC[C@](C)(O)[C@@]2(C)CC[C@](C)(O)[C@@]2(C)C1. The maximum atomic E-state index is 11.0. The third-order valence-corrected chi connectivity index (χ3v) is 7.04. The predicted octanol–water partition coefficient (Wildman–Crippen LogP) is 3.67. The Morgan fingerprint density at radius 3 is 2.00 bits per heavy atom. The molecule has 0 aromatic carbocycles. The second-order valence-corrected chi connectivity index (χ2v) is 8.00. The molecule has 19 heavy (non-hydrogen) atoms. The highest BCUT2D eigenvalue weighted by molar-refractivity contribution is 5.19. The zero-order chi connectivity index (χ0) is 14.7. The van der Waals surface area contributed by atoms with E-state index in [-0.39, 0.29) is 10.8 Å². The molecule has 2 rings (SSSR count). The summed E-state index contributed by atoms with van der Waals surface area (Å²) in [7, 11) is 0. The summed E-state index contributed by atoms with van der Waals surface area (Å²) in [6.07, 6.45) is 4.38. The Labute approximate surface area is 117 Å². The van der Waals surface area contributed by atoms with E-state index < -0.39 is 11.2 Å². The van der Waals surface area contributed by atoms with Crippen LogP contribution in [-0.4, -0.2) is 21.4 Å². The van der Waals surface area contributed by atoms with Gasteiger partial charge < -0.3 is 10.2 Å². The molecule has 2 N–H and O–H groups in total. The van der Waals surface area contributed by atoms with Gasteiger partial charge in [0.25, 0.3) is 0 Å². The minimum atomic E-state index is -0.716. The van der Waals surface area contributed by atoms with E-state index in [1.54, 1.807) is 0 Å². The van der Waals surface area contributed by atoms with Crippen LogP contribution in [0.2, 0.25) is 0 Å². The molecule has 0 amide bonds. The van der Waals surface area contributed by atoms with Gasteiger partial charge in [-0.1, -0.05) is 26.0 Å². The third-order valence-electron chi connectivity index (χ3n) is 7.04. The first kappa shape index (κ1) is 15.1. The van der Waals surface area contributed by atoms with Crippen LogP contribution in [0.15, 0.2) is 12.2 Å². The summed E-state index contributed by atoms with van der Waals surface area (Å²) in [5.41, 5.74) is -0.725. The van der Waals surface area contributed by atoms with Gasteiger partial charge in [0.05, 0.1) is 11.2 Å². The van der Waals surface area contributed by atoms with Crippen LogP contribution in [0.5, 0.6) is 0 Å². The highest BCUT2D eigenvalue weighted by atomic mass is 16.3. The summed E-state index contributed by atoms with van der Waals surface area (Å²) in [5.74, 6) is 0.405. The highest BCUT2D eigenvalue weighted by Gasteiger charge is 2.67. The van der Waals surface area contributed by atoms with Crippen molar-refractivity contribution in [2.24, 2.45) is 16.7 Å². The molecule has 2 heteroatoms. The molecular weight excluding hydrogens is 236 g/mol. The summed E-state index contributed by atoms with van der Waals surface area (Å²) >= 11 is 0. The van der Waals surface area contributed by atoms with Crippen LogP contribution < -0.4 is 0 Å². The molecule has 0 aromatic rings. The summed E-state index contributed by atoms with van der Waals surface area (Å²) in [4.78, 5) is 0. The fourth-order valence-electron chi connectivity index (χ4n) is 4.69. The number of rotatable bonds is 1. The largest absolute Gasteiger partial charge is 0.390 e. The van der Waals surface area contributed by atoms with Gasteiger partial charge in [-0.25, -0.2) is 0 Å². The number of hydrogen-bond acceptors (Lipinski definition) is 2. The van der Waals surface area contributed by atoms with Gasteiger partial charge in [-0.05, 0) is 58.8 Å². The van der Waals surface area contributed by atoms with Gasteiger partial charge >= 0.3 is 0 Å². The van der Waals surface area contributed by atoms with E-state index >= 15 is 0 Å². The molecule has 0 aliphatic heterocycles. The van der Waals surface area contributed by atoms with E-state index in [2.05, 4.69) is 27.4 Å². The van der Waals surface area contributed by atoms with Crippen molar-refractivity contribution in [1.29, 1.82) is 0 Å². The molecule has 0 aromatic heterocycles. The van der Waals surface area contributed by atoms with Crippen molar-refractivity contribution in [3.63, 3.8) is 0 Å². The molecule has 2 nitrogen and oxygen atoms in total. The van der Waals surface area contributed by atoms with Gasteiger partial charge in [0, 0.05) is 10.8 Å². The van der Waals surface area contributed by atoms with Crippen molar-refractivity contribution in [2.75, 3.05) is 0 Å². The molecule has 0 heterocycles. The molecular formula is C17H30O2. The maximum absolute atomic E-state index is 11.0. The molecule has 2 aliphatic rings. The minimum Gasteiger partial charge on any atom is -0.390 e. The van der Waals surface area contributed by atoms with Crippen LogP contribution in [-0.2, 0) is 0 Å². The Hall–Kier alpha value is -0.340. The summed E-state index contributed by atoms with van der Waals surface area (Å²) in [5, 5.41) is 22.0. The van der Waals surface area contributed by atoms with Gasteiger partial charge in [-0.2, -0.15) is 0 Å². The lowest BCUT2D eigenvalue weighted by atomic mass is 9.55. The smallest absolute Gasteiger partial charge is 0.0679 e. The summed E-state index contributed by atoms with van der Waals surface area (Å²) < 4.78 is 0. The Kier molecular flexibility index (Phi) is 3.23. The topological polar surface area (TPSA) is 40.5 Å². The molecule has 2 saturated carbocycles. The second-order valence-electron chi connectivity index (χ2n) is 8.00. The standard InChI is InChI=1S/C17H30O2/c1-12(2)13-7-8-16(5,18)14(3)9-10-17(6,19)15(14,4)11-13/h13,18-19H,1,7-11H2,2-6H3/t13-,14+,15+,16+,17+/m1/s1. The minimum absolute atomic E-state index is 0.228. The Morgan fingerprint density at radius 1 is 0.947 bits per heavy atom. The Balaban J connectivity index is 2.53. The van der Waals surface area contributed by atoms with E-state index in [1.165, 1.54) is 5.57 Å². The molecule has 0 bridgehead atoms. The van der Waals surface area contributed by atoms with Gasteiger partial charge in [0.15, 0.2) is 0 Å². The molecule has 0 unspecified atom stereocenters. The average Bonchev–Trinajstić information content (AvgIpc) is 2.40. The number of allylic oxidation sites excluding steroid dienone is 1. The lowest BCUT2D eigenvalue weighted by molar-refractivity contribution is -0.161. The summed E-state index contributed by atoms with van der Waals surface area (Å²) in [6.45, 7) is 14.5. The number of fused-ring (bicyclic) bond motifs is 1. The quantitative estimate of drug-likeness (QED) is 0.711. The maximum Gasteiger partial charge on any atom is 0.0679 e. The van der Waals surface area contributed by atoms with E-state index in [0.717, 1.165) is 32.1 Å². The fraction of sp³-hybridized carbons (Fsp3) is 0.882. The average molecular weight is 266 g/mol. The van der Waals surface area contributed by atoms with Crippen molar-refractivity contribution in [1.82, 2.24) is 0 Å². The fourth-order valence-corrected chi connectivity index (χ4v) is 4.69. The number of aliphatic hydroxyl groups is 2. The van der Waals surface area contributed by atoms with Crippen LogP contribution in [0, 0.1) is 16.7 Å². The van der Waals surface area contributed by atoms with Crippen molar-refractivity contribution in [2.45, 2.75) is 77.9 Å². The highest BCUT2D eigenvalue weighted by Crippen LogP contribution is 2.67. The Morgan fingerprint density at radius 2 is 1.47 bits per heavy atom. The summed E-state index contributed by atoms with van der Waals surface area (Å²) in [6, 6.07) is 0. The van der Waals surface area contributed by atoms with Crippen LogP contribution >= 0.6 is 0 Å². The monoisotopic (exact) mass is 266 g/mol. The molecule has 110 valence electrons. The molecule has 0 radical (unpaired) electrons. The molecule has 0 saturated heterocycles. The first-order valence-corrected chi connectivity index (χ1v) is 7.57. The van der Waals surface area contributed by atoms with E-state index in [0.29, 0.717) is 5.92 Å². The Bertz CT molecular complexity index is 396. The first-order chi connectivity index (χ1) is 8.47. The predicted molar refractivity (Wildman–Crippen MR) is 78.9 cm³/mol. The van der Waals surface area contributed by atoms with E-state index in [1.807, 2.05) is 13.8 Å². The number of hydrogen-bond donors (Lipinski definition) is 2. The molecule has 2 aliphatic carbocycles. The van der Waals surface area contributed by atoms with Gasteiger partial charge in [-0.15, -0.1) is 0 Å². The second kappa shape index (κ2) is 4.08. The van der Waals surface area contributed by atoms with Crippen LogP contribution in [0.25, 0.3) is 0 Å². The molecule has 0 spiro atoms. The van der Waals surface area contributed by atoms with Gasteiger partial charge in [0.1, 0.15) is 0 Å². The van der Waals surface area contributed by atoms with Gasteiger partial charge in [0.2, 0.25) is 0 Å². The normalized spacial score (nSPS) is 54.6. The van der Waals surface area contributed by atoms with Crippen LogP contribution in [0.1, 0.15) is 66.7 Å². The van der Waals surface area contributed by atoms with Crippen molar-refractivity contribution < 1.29 is 10.2 Å². The zero-order valence-electron chi connectivity index (χ0n) is 13.2. The van der Waals surface area contributed by atoms with Crippen molar-refractivity contribution >= 4 is 0 Å². The van der Waals surface area contributed by atoms with Crippen molar-refractivity contribution in [3.05, 3.63) is 12.2 Å². The third kappa shape index (κ3) is 1.83. The zero-order valence-corrected chi connectivity index (χ0v) is 13.2. The van der Waals surface area contributed by atoms with E-state index in [9.17, 15) is 10.2 Å². The van der Waals surface area contributed by atoms with Crippen LogP contribution in [0.3, 0.4) is 0 Å². The van der Waals surface area contributed by atoms with E-state index in [4.69, 9.17) is 0 Å².